The Balaban J connectivity index is 0.000000145. The van der Waals surface area contributed by atoms with Crippen molar-refractivity contribution in [2.75, 3.05) is 0 Å². The van der Waals surface area contributed by atoms with E-state index in [1.165, 1.54) is 24.8 Å². The van der Waals surface area contributed by atoms with Gasteiger partial charge in [0.05, 0.1) is 0 Å². The molecule has 1 heteroatoms. The first kappa shape index (κ1) is 10.3. The number of rotatable bonds is 1. The molecular formula is C12H19N. The van der Waals surface area contributed by atoms with Crippen molar-refractivity contribution in [3.8, 4) is 0 Å². The molecule has 1 aromatic carbocycles. The first-order valence-corrected chi connectivity index (χ1v) is 5.12. The molecule has 1 fully saturated rings. The summed E-state index contributed by atoms with van der Waals surface area (Å²) in [6.07, 6.45) is 5.03. The summed E-state index contributed by atoms with van der Waals surface area (Å²) in [6, 6.07) is 11.0. The largest absolute Gasteiger partial charge is 0.328 e. The Bertz CT molecular complexity index is 214. The molecule has 0 heterocycles. The van der Waals surface area contributed by atoms with E-state index in [9.17, 15) is 0 Å². The standard InChI is InChI=1S/C8H10.C4H9N/c1-2-8-6-4-3-5-7-8;5-4-2-1-3-4/h3-7H,2H2,1H3;4H,1-3,5H2. The van der Waals surface area contributed by atoms with Crippen LogP contribution in [-0.4, -0.2) is 6.04 Å². The van der Waals surface area contributed by atoms with E-state index in [-0.39, 0.29) is 0 Å². The van der Waals surface area contributed by atoms with Crippen LogP contribution in [0.5, 0.6) is 0 Å². The molecule has 0 unspecified atom stereocenters. The molecule has 0 aromatic heterocycles. The van der Waals surface area contributed by atoms with Gasteiger partial charge in [0.15, 0.2) is 0 Å². The lowest BCUT2D eigenvalue weighted by molar-refractivity contribution is 0.418. The fraction of sp³-hybridized carbons (Fsp3) is 0.500. The van der Waals surface area contributed by atoms with E-state index in [1.54, 1.807) is 0 Å². The molecule has 0 saturated heterocycles. The van der Waals surface area contributed by atoms with Gasteiger partial charge in [-0.25, -0.2) is 0 Å². The zero-order valence-corrected chi connectivity index (χ0v) is 8.37. The molecular weight excluding hydrogens is 158 g/mol. The Morgan fingerprint density at radius 2 is 1.77 bits per heavy atom. The first-order valence-electron chi connectivity index (χ1n) is 5.12. The topological polar surface area (TPSA) is 26.0 Å². The third-order valence-electron chi connectivity index (χ3n) is 2.40. The summed E-state index contributed by atoms with van der Waals surface area (Å²) >= 11 is 0. The van der Waals surface area contributed by atoms with E-state index in [4.69, 9.17) is 5.73 Å². The summed E-state index contributed by atoms with van der Waals surface area (Å²) in [5.41, 5.74) is 6.79. The van der Waals surface area contributed by atoms with Gasteiger partial charge in [0, 0.05) is 6.04 Å². The fourth-order valence-corrected chi connectivity index (χ4v) is 1.15. The van der Waals surface area contributed by atoms with Gasteiger partial charge >= 0.3 is 0 Å². The SMILES string of the molecule is CCc1ccccc1.NC1CCC1. The van der Waals surface area contributed by atoms with Gasteiger partial charge in [-0.05, 0) is 24.8 Å². The zero-order valence-electron chi connectivity index (χ0n) is 8.37. The maximum atomic E-state index is 5.38. The molecule has 1 aliphatic rings. The summed E-state index contributed by atoms with van der Waals surface area (Å²) < 4.78 is 0. The van der Waals surface area contributed by atoms with Crippen LogP contribution in [0.3, 0.4) is 0 Å². The van der Waals surface area contributed by atoms with Crippen LogP contribution in [0.4, 0.5) is 0 Å². The van der Waals surface area contributed by atoms with Crippen molar-refractivity contribution in [3.05, 3.63) is 35.9 Å². The van der Waals surface area contributed by atoms with Crippen LogP contribution < -0.4 is 5.73 Å². The molecule has 2 N–H and O–H groups in total. The number of hydrogen-bond acceptors (Lipinski definition) is 1. The normalized spacial score (nSPS) is 15.5. The summed E-state index contributed by atoms with van der Waals surface area (Å²) in [5.74, 6) is 0. The molecule has 0 spiro atoms. The molecule has 0 radical (unpaired) electrons. The summed E-state index contributed by atoms with van der Waals surface area (Å²) in [5, 5.41) is 0. The minimum atomic E-state index is 0.565. The Labute approximate surface area is 81.0 Å². The molecule has 1 saturated carbocycles. The average Bonchev–Trinajstić information content (AvgIpc) is 2.17. The highest BCUT2D eigenvalue weighted by Gasteiger charge is 2.09. The third kappa shape index (κ3) is 4.09. The van der Waals surface area contributed by atoms with E-state index in [2.05, 4.69) is 31.2 Å². The third-order valence-corrected chi connectivity index (χ3v) is 2.40. The highest BCUT2D eigenvalue weighted by Crippen LogP contribution is 2.14. The molecule has 1 aromatic rings. The minimum absolute atomic E-state index is 0.565. The molecule has 1 nitrogen and oxygen atoms in total. The number of nitrogens with two attached hydrogens (primary N) is 1. The Hall–Kier alpha value is -0.820. The van der Waals surface area contributed by atoms with Crippen molar-refractivity contribution in [2.24, 2.45) is 5.73 Å². The van der Waals surface area contributed by atoms with Crippen molar-refractivity contribution >= 4 is 0 Å². The van der Waals surface area contributed by atoms with Crippen LogP contribution >= 0.6 is 0 Å². The van der Waals surface area contributed by atoms with E-state index < -0.39 is 0 Å². The Morgan fingerprint density at radius 1 is 1.23 bits per heavy atom. The van der Waals surface area contributed by atoms with Crippen molar-refractivity contribution in [2.45, 2.75) is 38.6 Å². The van der Waals surface area contributed by atoms with Crippen LogP contribution in [0.25, 0.3) is 0 Å². The van der Waals surface area contributed by atoms with Gasteiger partial charge < -0.3 is 5.73 Å². The zero-order chi connectivity index (χ0) is 9.52. The highest BCUT2D eigenvalue weighted by molar-refractivity contribution is 5.13. The van der Waals surface area contributed by atoms with E-state index in [1.807, 2.05) is 6.07 Å². The second kappa shape index (κ2) is 5.76. The van der Waals surface area contributed by atoms with Gasteiger partial charge in [0.1, 0.15) is 0 Å². The second-order valence-corrected chi connectivity index (χ2v) is 3.53. The van der Waals surface area contributed by atoms with Gasteiger partial charge in [0.25, 0.3) is 0 Å². The minimum Gasteiger partial charge on any atom is -0.328 e. The van der Waals surface area contributed by atoms with Crippen molar-refractivity contribution in [3.63, 3.8) is 0 Å². The number of hydrogen-bond donors (Lipinski definition) is 1. The molecule has 1 aliphatic carbocycles. The van der Waals surface area contributed by atoms with Gasteiger partial charge in [-0.15, -0.1) is 0 Å². The molecule has 0 atom stereocenters. The maximum absolute atomic E-state index is 5.38. The lowest BCUT2D eigenvalue weighted by Gasteiger charge is -2.18. The Morgan fingerprint density at radius 3 is 2.00 bits per heavy atom. The van der Waals surface area contributed by atoms with Crippen LogP contribution in [0.15, 0.2) is 30.3 Å². The van der Waals surface area contributed by atoms with Crippen molar-refractivity contribution in [1.29, 1.82) is 0 Å². The molecule has 0 amide bonds. The summed E-state index contributed by atoms with van der Waals surface area (Å²) in [6.45, 7) is 2.16. The maximum Gasteiger partial charge on any atom is 0.00388 e. The van der Waals surface area contributed by atoms with E-state index >= 15 is 0 Å². The monoisotopic (exact) mass is 177 g/mol. The lowest BCUT2D eigenvalue weighted by Crippen LogP contribution is -2.27. The van der Waals surface area contributed by atoms with E-state index in [0.29, 0.717) is 6.04 Å². The number of aryl methyl sites for hydroxylation is 1. The van der Waals surface area contributed by atoms with Crippen LogP contribution in [0.2, 0.25) is 0 Å². The smallest absolute Gasteiger partial charge is 0.00388 e. The van der Waals surface area contributed by atoms with Crippen molar-refractivity contribution < 1.29 is 0 Å². The number of benzene rings is 1. The van der Waals surface area contributed by atoms with Gasteiger partial charge in [-0.3, -0.25) is 0 Å². The predicted molar refractivity (Wildman–Crippen MR) is 57.6 cm³/mol. The Kier molecular flexibility index (Phi) is 4.55. The molecule has 0 bridgehead atoms. The van der Waals surface area contributed by atoms with Crippen LogP contribution in [0, 0.1) is 0 Å². The van der Waals surface area contributed by atoms with Crippen molar-refractivity contribution in [1.82, 2.24) is 0 Å². The fourth-order valence-electron chi connectivity index (χ4n) is 1.15. The molecule has 2 rings (SSSR count). The molecule has 72 valence electrons. The summed E-state index contributed by atoms with van der Waals surface area (Å²) in [4.78, 5) is 0. The second-order valence-electron chi connectivity index (χ2n) is 3.53. The predicted octanol–water partition coefficient (Wildman–Crippen LogP) is 2.75. The van der Waals surface area contributed by atoms with Crippen LogP contribution in [0.1, 0.15) is 31.7 Å². The van der Waals surface area contributed by atoms with Gasteiger partial charge in [-0.2, -0.15) is 0 Å². The first-order chi connectivity index (χ1) is 6.33. The van der Waals surface area contributed by atoms with E-state index in [0.717, 1.165) is 6.42 Å². The van der Waals surface area contributed by atoms with Gasteiger partial charge in [0.2, 0.25) is 0 Å². The lowest BCUT2D eigenvalue weighted by atomic mass is 9.95. The average molecular weight is 177 g/mol. The molecule has 13 heavy (non-hydrogen) atoms. The highest BCUT2D eigenvalue weighted by atomic mass is 14.6. The quantitative estimate of drug-likeness (QED) is 0.701. The van der Waals surface area contributed by atoms with Gasteiger partial charge in [-0.1, -0.05) is 43.7 Å². The molecule has 0 aliphatic heterocycles. The summed E-state index contributed by atoms with van der Waals surface area (Å²) in [7, 11) is 0. The van der Waals surface area contributed by atoms with Crippen LogP contribution in [-0.2, 0) is 6.42 Å².